The Bertz CT molecular complexity index is 1260. The summed E-state index contributed by atoms with van der Waals surface area (Å²) in [5.74, 6) is -1.25. The molecule has 0 unspecified atom stereocenters. The number of H-pyrrole nitrogens is 1. The molecule has 1 aromatic heterocycles. The van der Waals surface area contributed by atoms with Gasteiger partial charge in [-0.1, -0.05) is 50.2 Å². The summed E-state index contributed by atoms with van der Waals surface area (Å²) in [4.78, 5) is 41.7. The van der Waals surface area contributed by atoms with Crippen molar-refractivity contribution in [2.24, 2.45) is 5.92 Å². The van der Waals surface area contributed by atoms with Gasteiger partial charge in [-0.3, -0.25) is 19.1 Å². The van der Waals surface area contributed by atoms with Crippen LogP contribution in [0.1, 0.15) is 35.3 Å². The zero-order valence-corrected chi connectivity index (χ0v) is 18.0. The second-order valence-corrected chi connectivity index (χ2v) is 7.95. The van der Waals surface area contributed by atoms with Gasteiger partial charge in [-0.25, -0.2) is 4.79 Å². The monoisotopic (exact) mass is 460 g/mol. The lowest BCUT2D eigenvalue weighted by Crippen LogP contribution is -2.42. The molecule has 0 fully saturated rings. The number of benzene rings is 2. The maximum absolute atomic E-state index is 13.3. The summed E-state index contributed by atoms with van der Waals surface area (Å²) in [5, 5.41) is 0. The second-order valence-electron chi connectivity index (χ2n) is 7.95. The summed E-state index contributed by atoms with van der Waals surface area (Å²) in [6.45, 7) is 3.57. The van der Waals surface area contributed by atoms with Crippen molar-refractivity contribution in [2.45, 2.75) is 26.6 Å². The van der Waals surface area contributed by atoms with Gasteiger partial charge in [0.1, 0.15) is 5.82 Å². The van der Waals surface area contributed by atoms with Crippen LogP contribution in [-0.4, -0.2) is 22.0 Å². The lowest BCUT2D eigenvalue weighted by molar-refractivity contribution is -0.137. The van der Waals surface area contributed by atoms with Crippen LogP contribution in [0.4, 0.5) is 24.7 Å². The van der Waals surface area contributed by atoms with E-state index in [4.69, 9.17) is 5.73 Å². The number of carbonyl (C=O) groups excluding carboxylic acids is 1. The lowest BCUT2D eigenvalue weighted by atomic mass is 10.1. The van der Waals surface area contributed by atoms with Crippen LogP contribution >= 0.6 is 0 Å². The van der Waals surface area contributed by atoms with Gasteiger partial charge in [0.25, 0.3) is 11.5 Å². The zero-order valence-electron chi connectivity index (χ0n) is 18.0. The number of nitrogens with one attached hydrogen (secondary N) is 1. The first-order chi connectivity index (χ1) is 15.5. The number of nitrogens with zero attached hydrogens (tertiary/aromatic N) is 2. The van der Waals surface area contributed by atoms with Crippen molar-refractivity contribution >= 4 is 17.4 Å². The third-order valence-electron chi connectivity index (χ3n) is 4.90. The molecule has 1 amide bonds. The highest BCUT2D eigenvalue weighted by atomic mass is 19.4. The molecule has 0 radical (unpaired) electrons. The molecule has 0 bridgehead atoms. The average Bonchev–Trinajstić information content (AvgIpc) is 2.75. The maximum Gasteiger partial charge on any atom is 0.416 e. The molecule has 0 saturated carbocycles. The third kappa shape index (κ3) is 5.33. The maximum atomic E-state index is 13.3. The highest BCUT2D eigenvalue weighted by Crippen LogP contribution is 2.30. The van der Waals surface area contributed by atoms with Crippen LogP contribution in [-0.2, 0) is 12.7 Å². The molecule has 3 rings (SSSR count). The van der Waals surface area contributed by atoms with E-state index in [-0.39, 0.29) is 36.1 Å². The van der Waals surface area contributed by atoms with Crippen LogP contribution < -0.4 is 21.9 Å². The molecule has 7 nitrogen and oxygen atoms in total. The minimum Gasteiger partial charge on any atom is -0.383 e. The fraction of sp³-hybridized carbons (Fsp3) is 0.261. The minimum absolute atomic E-state index is 0.00804. The van der Waals surface area contributed by atoms with E-state index < -0.39 is 28.9 Å². The van der Waals surface area contributed by atoms with Gasteiger partial charge in [0.2, 0.25) is 0 Å². The SMILES string of the molecule is CC(C)CN(C(=O)c1cccc(C(F)(F)F)c1)c1c(N)n(Cc2ccccc2)c(=O)[nH]c1=O. The third-order valence-corrected chi connectivity index (χ3v) is 4.90. The number of nitrogen functional groups attached to an aromatic ring is 1. The van der Waals surface area contributed by atoms with E-state index in [1.165, 1.54) is 6.07 Å². The van der Waals surface area contributed by atoms with Crippen molar-refractivity contribution in [3.05, 3.63) is 92.1 Å². The summed E-state index contributed by atoms with van der Waals surface area (Å²) in [6, 6.07) is 12.8. The van der Waals surface area contributed by atoms with Gasteiger partial charge in [0.15, 0.2) is 5.69 Å². The van der Waals surface area contributed by atoms with Crippen molar-refractivity contribution < 1.29 is 18.0 Å². The van der Waals surface area contributed by atoms with E-state index in [1.807, 2.05) is 0 Å². The van der Waals surface area contributed by atoms with E-state index in [0.717, 1.165) is 33.2 Å². The summed E-state index contributed by atoms with van der Waals surface area (Å²) >= 11 is 0. The molecule has 0 aliphatic heterocycles. The molecular formula is C23H23F3N4O3. The Labute approximate surface area is 187 Å². The van der Waals surface area contributed by atoms with E-state index in [0.29, 0.717) is 0 Å². The number of aromatic amines is 1. The van der Waals surface area contributed by atoms with Crippen LogP contribution in [0.5, 0.6) is 0 Å². The van der Waals surface area contributed by atoms with E-state index in [9.17, 15) is 27.6 Å². The van der Waals surface area contributed by atoms with Gasteiger partial charge < -0.3 is 10.6 Å². The quantitative estimate of drug-likeness (QED) is 0.588. The Balaban J connectivity index is 2.13. The van der Waals surface area contributed by atoms with Crippen molar-refractivity contribution in [2.75, 3.05) is 17.2 Å². The normalized spacial score (nSPS) is 11.6. The van der Waals surface area contributed by atoms with Gasteiger partial charge in [0.05, 0.1) is 12.1 Å². The molecule has 0 aliphatic carbocycles. The Hall–Kier alpha value is -3.82. The molecule has 3 aromatic rings. The summed E-state index contributed by atoms with van der Waals surface area (Å²) in [5.41, 5.74) is 3.72. The number of carbonyl (C=O) groups is 1. The zero-order chi connectivity index (χ0) is 24.3. The van der Waals surface area contributed by atoms with E-state index in [1.54, 1.807) is 44.2 Å². The Kier molecular flexibility index (Phi) is 6.75. The van der Waals surface area contributed by atoms with E-state index in [2.05, 4.69) is 4.98 Å². The number of hydrogen-bond donors (Lipinski definition) is 2. The molecule has 0 spiro atoms. The number of anilines is 2. The van der Waals surface area contributed by atoms with Gasteiger partial charge >= 0.3 is 11.9 Å². The smallest absolute Gasteiger partial charge is 0.383 e. The molecule has 174 valence electrons. The number of aromatic nitrogens is 2. The summed E-state index contributed by atoms with van der Waals surface area (Å²) in [7, 11) is 0. The van der Waals surface area contributed by atoms with Crippen LogP contribution in [0.3, 0.4) is 0 Å². The number of halogens is 3. The Morgan fingerprint density at radius 3 is 2.36 bits per heavy atom. The molecular weight excluding hydrogens is 437 g/mol. The second kappa shape index (κ2) is 9.35. The standard InChI is InChI=1S/C23H23F3N4O3/c1-14(2)12-29(21(32)16-9-6-10-17(11-16)23(24,25)26)18-19(27)30(22(33)28-20(18)31)13-15-7-4-3-5-8-15/h3-11,14H,12-13,27H2,1-2H3,(H,28,31,33). The summed E-state index contributed by atoms with van der Waals surface area (Å²) in [6.07, 6.45) is -4.64. The fourth-order valence-electron chi connectivity index (χ4n) is 3.39. The van der Waals surface area contributed by atoms with Gasteiger partial charge in [-0.05, 0) is 29.7 Å². The highest BCUT2D eigenvalue weighted by molar-refractivity contribution is 6.07. The molecule has 10 heteroatoms. The number of hydrogen-bond acceptors (Lipinski definition) is 4. The average molecular weight is 460 g/mol. The molecule has 33 heavy (non-hydrogen) atoms. The minimum atomic E-state index is -4.64. The largest absolute Gasteiger partial charge is 0.416 e. The van der Waals surface area contributed by atoms with Crippen molar-refractivity contribution in [3.63, 3.8) is 0 Å². The van der Waals surface area contributed by atoms with E-state index >= 15 is 0 Å². The molecule has 0 saturated heterocycles. The highest BCUT2D eigenvalue weighted by Gasteiger charge is 2.32. The topological polar surface area (TPSA) is 101 Å². The van der Waals surface area contributed by atoms with Gasteiger partial charge in [0, 0.05) is 12.1 Å². The van der Waals surface area contributed by atoms with Crippen molar-refractivity contribution in [1.29, 1.82) is 0 Å². The summed E-state index contributed by atoms with van der Waals surface area (Å²) < 4.78 is 40.6. The number of alkyl halides is 3. The fourth-order valence-corrected chi connectivity index (χ4v) is 3.39. The molecule has 3 N–H and O–H groups in total. The lowest BCUT2D eigenvalue weighted by Gasteiger charge is -2.26. The first kappa shape index (κ1) is 23.8. The first-order valence-corrected chi connectivity index (χ1v) is 10.1. The molecule has 0 atom stereocenters. The van der Waals surface area contributed by atoms with Crippen LogP contribution in [0.15, 0.2) is 64.2 Å². The van der Waals surface area contributed by atoms with Crippen molar-refractivity contribution in [3.8, 4) is 0 Å². The molecule has 1 heterocycles. The Morgan fingerprint density at radius 2 is 1.76 bits per heavy atom. The van der Waals surface area contributed by atoms with Crippen LogP contribution in [0.25, 0.3) is 0 Å². The predicted molar refractivity (Wildman–Crippen MR) is 119 cm³/mol. The molecule has 0 aliphatic rings. The predicted octanol–water partition coefficient (Wildman–Crippen LogP) is 3.49. The number of amides is 1. The number of nitrogens with two attached hydrogens (primary N) is 1. The van der Waals surface area contributed by atoms with Gasteiger partial charge in [-0.2, -0.15) is 13.2 Å². The number of rotatable bonds is 6. The molecule has 2 aromatic carbocycles. The van der Waals surface area contributed by atoms with Crippen LogP contribution in [0.2, 0.25) is 0 Å². The first-order valence-electron chi connectivity index (χ1n) is 10.1. The van der Waals surface area contributed by atoms with Gasteiger partial charge in [-0.15, -0.1) is 0 Å². The Morgan fingerprint density at radius 1 is 1.09 bits per heavy atom. The van der Waals surface area contributed by atoms with Crippen LogP contribution in [0, 0.1) is 5.92 Å². The van der Waals surface area contributed by atoms with Crippen molar-refractivity contribution in [1.82, 2.24) is 9.55 Å².